The number of amides is 1. The van der Waals surface area contributed by atoms with Crippen molar-refractivity contribution in [2.24, 2.45) is 5.73 Å². The molecule has 0 saturated heterocycles. The van der Waals surface area contributed by atoms with Crippen LogP contribution in [0.15, 0.2) is 24.3 Å². The van der Waals surface area contributed by atoms with Gasteiger partial charge in [0.2, 0.25) is 5.91 Å². The number of alkyl halides is 3. The quantitative estimate of drug-likeness (QED) is 0.865. The molecule has 1 unspecified atom stereocenters. The molecule has 1 aromatic rings. The maximum Gasteiger partial charge on any atom is 0.416 e. The first-order chi connectivity index (χ1) is 7.30. The lowest BCUT2D eigenvalue weighted by atomic mass is 10.2. The molecule has 0 spiro atoms. The third kappa shape index (κ3) is 4.62. The summed E-state index contributed by atoms with van der Waals surface area (Å²) >= 11 is 0. The Labute approximate surface area is 103 Å². The fraction of sp³-hybridized carbons (Fsp3) is 0.300. The molecule has 1 atom stereocenters. The predicted molar refractivity (Wildman–Crippen MR) is 61.0 cm³/mol. The molecule has 3 N–H and O–H groups in total. The highest BCUT2D eigenvalue weighted by Gasteiger charge is 2.29. The highest BCUT2D eigenvalue weighted by Crippen LogP contribution is 2.29. The Kier molecular flexibility index (Phi) is 5.44. The first-order valence-corrected chi connectivity index (χ1v) is 4.54. The maximum atomic E-state index is 12.2. The lowest BCUT2D eigenvalue weighted by molar-refractivity contribution is -0.137. The third-order valence-electron chi connectivity index (χ3n) is 1.89. The number of hydrogen-bond donors (Lipinski definition) is 2. The van der Waals surface area contributed by atoms with Crippen LogP contribution in [0.5, 0.6) is 0 Å². The zero-order valence-electron chi connectivity index (χ0n) is 8.91. The van der Waals surface area contributed by atoms with Gasteiger partial charge >= 0.3 is 6.18 Å². The van der Waals surface area contributed by atoms with Crippen LogP contribution in [-0.2, 0) is 11.0 Å². The highest BCUT2D eigenvalue weighted by atomic mass is 35.5. The topological polar surface area (TPSA) is 55.1 Å². The lowest BCUT2D eigenvalue weighted by Crippen LogP contribution is -2.32. The second-order valence-electron chi connectivity index (χ2n) is 3.35. The Morgan fingerprint density at radius 1 is 1.29 bits per heavy atom. The molecule has 17 heavy (non-hydrogen) atoms. The molecule has 96 valence electrons. The summed E-state index contributed by atoms with van der Waals surface area (Å²) in [5, 5.41) is 2.39. The van der Waals surface area contributed by atoms with E-state index in [2.05, 4.69) is 5.32 Å². The SMILES string of the molecule is CC(N)C(=O)Nc1ccc(C(F)(F)F)cc1.Cl. The van der Waals surface area contributed by atoms with E-state index in [1.54, 1.807) is 0 Å². The first-order valence-electron chi connectivity index (χ1n) is 4.54. The Balaban J connectivity index is 0.00000256. The van der Waals surface area contributed by atoms with Gasteiger partial charge < -0.3 is 11.1 Å². The third-order valence-corrected chi connectivity index (χ3v) is 1.89. The lowest BCUT2D eigenvalue weighted by Gasteiger charge is -2.09. The molecule has 0 heterocycles. The largest absolute Gasteiger partial charge is 0.416 e. The second-order valence-corrected chi connectivity index (χ2v) is 3.35. The second kappa shape index (κ2) is 5.88. The van der Waals surface area contributed by atoms with E-state index in [4.69, 9.17) is 5.73 Å². The summed E-state index contributed by atoms with van der Waals surface area (Å²) in [5.41, 5.74) is 4.82. The summed E-state index contributed by atoms with van der Waals surface area (Å²) in [5.74, 6) is -0.445. The molecular formula is C10H12ClF3N2O. The molecule has 0 aliphatic carbocycles. The van der Waals surface area contributed by atoms with Crippen molar-refractivity contribution in [3.8, 4) is 0 Å². The van der Waals surface area contributed by atoms with Gasteiger partial charge in [0, 0.05) is 5.69 Å². The van der Waals surface area contributed by atoms with Gasteiger partial charge in [0.05, 0.1) is 11.6 Å². The average Bonchev–Trinajstić information content (AvgIpc) is 2.17. The number of rotatable bonds is 2. The van der Waals surface area contributed by atoms with Gasteiger partial charge in [-0.1, -0.05) is 0 Å². The van der Waals surface area contributed by atoms with E-state index in [1.807, 2.05) is 0 Å². The summed E-state index contributed by atoms with van der Waals surface area (Å²) in [6, 6.07) is 3.46. The minimum absolute atomic E-state index is 0. The summed E-state index contributed by atoms with van der Waals surface area (Å²) in [4.78, 5) is 11.1. The molecule has 0 aliphatic heterocycles. The molecular weight excluding hydrogens is 257 g/mol. The van der Waals surface area contributed by atoms with Crippen LogP contribution in [0.3, 0.4) is 0 Å². The standard InChI is InChI=1S/C10H11F3N2O.ClH/c1-6(14)9(16)15-8-4-2-7(3-5-8)10(11,12)13;/h2-6H,14H2,1H3,(H,15,16);1H. The molecule has 0 bridgehead atoms. The molecule has 0 aliphatic rings. The Morgan fingerprint density at radius 3 is 2.12 bits per heavy atom. The van der Waals surface area contributed by atoms with Gasteiger partial charge in [0.15, 0.2) is 0 Å². The molecule has 0 fully saturated rings. The van der Waals surface area contributed by atoms with Crippen molar-refractivity contribution in [2.75, 3.05) is 5.32 Å². The molecule has 7 heteroatoms. The molecule has 0 radical (unpaired) electrons. The number of halogens is 4. The minimum atomic E-state index is -4.37. The van der Waals surface area contributed by atoms with Gasteiger partial charge in [-0.05, 0) is 31.2 Å². The highest BCUT2D eigenvalue weighted by molar-refractivity contribution is 5.94. The van der Waals surface area contributed by atoms with Gasteiger partial charge in [-0.3, -0.25) is 4.79 Å². The molecule has 1 aromatic carbocycles. The summed E-state index contributed by atoms with van der Waals surface area (Å²) in [6.07, 6.45) is -4.37. The van der Waals surface area contributed by atoms with Crippen molar-refractivity contribution >= 4 is 24.0 Å². The zero-order chi connectivity index (χ0) is 12.3. The van der Waals surface area contributed by atoms with Crippen LogP contribution in [-0.4, -0.2) is 11.9 Å². The molecule has 1 rings (SSSR count). The monoisotopic (exact) mass is 268 g/mol. The van der Waals surface area contributed by atoms with Gasteiger partial charge in [0.1, 0.15) is 0 Å². The minimum Gasteiger partial charge on any atom is -0.325 e. The smallest absolute Gasteiger partial charge is 0.325 e. The molecule has 3 nitrogen and oxygen atoms in total. The van der Waals surface area contributed by atoms with Crippen molar-refractivity contribution < 1.29 is 18.0 Å². The van der Waals surface area contributed by atoms with E-state index in [-0.39, 0.29) is 18.1 Å². The molecule has 0 aromatic heterocycles. The van der Waals surface area contributed by atoms with Crippen molar-refractivity contribution in [1.82, 2.24) is 0 Å². The Morgan fingerprint density at radius 2 is 1.76 bits per heavy atom. The van der Waals surface area contributed by atoms with Crippen molar-refractivity contribution in [2.45, 2.75) is 19.1 Å². The van der Waals surface area contributed by atoms with Crippen LogP contribution in [0.1, 0.15) is 12.5 Å². The van der Waals surface area contributed by atoms with Gasteiger partial charge in [0.25, 0.3) is 0 Å². The van der Waals surface area contributed by atoms with Crippen LogP contribution >= 0.6 is 12.4 Å². The number of benzene rings is 1. The van der Waals surface area contributed by atoms with E-state index < -0.39 is 23.7 Å². The van der Waals surface area contributed by atoms with Crippen molar-refractivity contribution in [3.05, 3.63) is 29.8 Å². The number of anilines is 1. The number of nitrogens with one attached hydrogen (secondary N) is 1. The fourth-order valence-corrected chi connectivity index (χ4v) is 0.999. The predicted octanol–water partition coefficient (Wildman–Crippen LogP) is 2.41. The first kappa shape index (κ1) is 15.7. The Bertz CT molecular complexity index is 376. The van der Waals surface area contributed by atoms with Crippen molar-refractivity contribution in [1.29, 1.82) is 0 Å². The van der Waals surface area contributed by atoms with E-state index in [0.29, 0.717) is 0 Å². The number of carbonyl (C=O) groups is 1. The number of nitrogens with two attached hydrogens (primary N) is 1. The molecule has 0 saturated carbocycles. The van der Waals surface area contributed by atoms with E-state index in [1.165, 1.54) is 19.1 Å². The van der Waals surface area contributed by atoms with E-state index in [9.17, 15) is 18.0 Å². The van der Waals surface area contributed by atoms with Crippen LogP contribution in [0.2, 0.25) is 0 Å². The maximum absolute atomic E-state index is 12.2. The summed E-state index contributed by atoms with van der Waals surface area (Å²) < 4.78 is 36.6. The van der Waals surface area contributed by atoms with E-state index >= 15 is 0 Å². The Hall–Kier alpha value is -1.27. The number of hydrogen-bond acceptors (Lipinski definition) is 2. The summed E-state index contributed by atoms with van der Waals surface area (Å²) in [6.45, 7) is 1.49. The van der Waals surface area contributed by atoms with Gasteiger partial charge in [-0.25, -0.2) is 0 Å². The van der Waals surface area contributed by atoms with Crippen molar-refractivity contribution in [3.63, 3.8) is 0 Å². The summed E-state index contributed by atoms with van der Waals surface area (Å²) in [7, 11) is 0. The van der Waals surface area contributed by atoms with Crippen LogP contribution in [0.4, 0.5) is 18.9 Å². The normalized spacial score (nSPS) is 12.5. The van der Waals surface area contributed by atoms with Crippen LogP contribution < -0.4 is 11.1 Å². The fourth-order valence-electron chi connectivity index (χ4n) is 0.999. The van der Waals surface area contributed by atoms with Crippen LogP contribution in [0, 0.1) is 0 Å². The molecule has 1 amide bonds. The van der Waals surface area contributed by atoms with Gasteiger partial charge in [-0.15, -0.1) is 12.4 Å². The van der Waals surface area contributed by atoms with Gasteiger partial charge in [-0.2, -0.15) is 13.2 Å². The van der Waals surface area contributed by atoms with E-state index in [0.717, 1.165) is 12.1 Å². The average molecular weight is 269 g/mol. The number of carbonyl (C=O) groups excluding carboxylic acids is 1. The zero-order valence-corrected chi connectivity index (χ0v) is 9.73. The van der Waals surface area contributed by atoms with Crippen LogP contribution in [0.25, 0.3) is 0 Å².